The van der Waals surface area contributed by atoms with E-state index < -0.39 is 17.1 Å². The molecule has 3 heteroatoms. The number of fused-ring (bicyclic) bond motifs is 1. The summed E-state index contributed by atoms with van der Waals surface area (Å²) in [5, 5.41) is 20.8. The molecule has 0 aromatic carbocycles. The summed E-state index contributed by atoms with van der Waals surface area (Å²) in [6.45, 7) is 7.75. The van der Waals surface area contributed by atoms with Crippen LogP contribution in [0.3, 0.4) is 0 Å². The maximum atomic E-state index is 12.4. The monoisotopic (exact) mass is 252 g/mol. The Kier molecular flexibility index (Phi) is 3.19. The Morgan fingerprint density at radius 3 is 2.56 bits per heavy atom. The first kappa shape index (κ1) is 13.8. The van der Waals surface area contributed by atoms with Crippen LogP contribution in [0, 0.1) is 17.3 Å². The van der Waals surface area contributed by atoms with Crippen LogP contribution in [0.2, 0.25) is 0 Å². The van der Waals surface area contributed by atoms with Gasteiger partial charge in [-0.1, -0.05) is 19.4 Å². The molecule has 0 heterocycles. The average molecular weight is 252 g/mol. The number of ketones is 1. The SMILES string of the molecule is CC(C)C1=CC(=O)[C@@]2(C)[C@H](O)CC[C@@](C)(O)[C@@H]2C1. The number of hydrogen-bond acceptors (Lipinski definition) is 3. The van der Waals surface area contributed by atoms with Gasteiger partial charge in [0.05, 0.1) is 17.1 Å². The Hall–Kier alpha value is -0.670. The van der Waals surface area contributed by atoms with Gasteiger partial charge in [0.1, 0.15) is 0 Å². The van der Waals surface area contributed by atoms with Gasteiger partial charge in [0.15, 0.2) is 5.78 Å². The molecule has 4 atom stereocenters. The number of carbonyl (C=O) groups excluding carboxylic acids is 1. The van der Waals surface area contributed by atoms with Crippen LogP contribution in [0.5, 0.6) is 0 Å². The lowest BCUT2D eigenvalue weighted by Crippen LogP contribution is -2.59. The maximum Gasteiger partial charge on any atom is 0.164 e. The minimum absolute atomic E-state index is 0.0186. The zero-order chi connectivity index (χ0) is 13.7. The van der Waals surface area contributed by atoms with Crippen molar-refractivity contribution in [1.29, 1.82) is 0 Å². The zero-order valence-corrected chi connectivity index (χ0v) is 11.7. The predicted octanol–water partition coefficient (Wildman–Crippen LogP) is 2.07. The van der Waals surface area contributed by atoms with Crippen LogP contribution < -0.4 is 0 Å². The second-order valence-corrected chi connectivity index (χ2v) is 6.69. The van der Waals surface area contributed by atoms with Gasteiger partial charge < -0.3 is 10.2 Å². The molecule has 0 bridgehead atoms. The van der Waals surface area contributed by atoms with Gasteiger partial charge in [-0.05, 0) is 45.1 Å². The van der Waals surface area contributed by atoms with Gasteiger partial charge in [-0.2, -0.15) is 0 Å². The number of aliphatic hydroxyl groups excluding tert-OH is 1. The van der Waals surface area contributed by atoms with Crippen molar-refractivity contribution in [1.82, 2.24) is 0 Å². The molecular formula is C15H24O3. The van der Waals surface area contributed by atoms with Crippen molar-refractivity contribution in [2.45, 2.75) is 58.7 Å². The number of carbonyl (C=O) groups is 1. The summed E-state index contributed by atoms with van der Waals surface area (Å²) in [5.41, 5.74) is -0.588. The molecule has 0 aliphatic heterocycles. The third-order valence-electron chi connectivity index (χ3n) is 5.12. The van der Waals surface area contributed by atoms with Gasteiger partial charge in [0, 0.05) is 5.92 Å². The highest BCUT2D eigenvalue weighted by molar-refractivity contribution is 5.97. The first-order chi connectivity index (χ1) is 8.19. The highest BCUT2D eigenvalue weighted by atomic mass is 16.3. The Morgan fingerprint density at radius 2 is 2.00 bits per heavy atom. The summed E-state index contributed by atoms with van der Waals surface area (Å²) in [6.07, 6.45) is 2.83. The molecular weight excluding hydrogens is 228 g/mol. The first-order valence-corrected chi connectivity index (χ1v) is 6.85. The van der Waals surface area contributed by atoms with Crippen LogP contribution in [0.15, 0.2) is 11.6 Å². The maximum absolute atomic E-state index is 12.4. The number of rotatable bonds is 1. The minimum atomic E-state index is -0.863. The molecule has 0 amide bonds. The Balaban J connectivity index is 2.46. The van der Waals surface area contributed by atoms with Gasteiger partial charge in [-0.15, -0.1) is 0 Å². The van der Waals surface area contributed by atoms with Gasteiger partial charge in [0.25, 0.3) is 0 Å². The second-order valence-electron chi connectivity index (χ2n) is 6.69. The van der Waals surface area contributed by atoms with Crippen molar-refractivity contribution in [3.8, 4) is 0 Å². The Morgan fingerprint density at radius 1 is 1.39 bits per heavy atom. The molecule has 3 nitrogen and oxygen atoms in total. The molecule has 2 aliphatic carbocycles. The van der Waals surface area contributed by atoms with E-state index in [1.165, 1.54) is 0 Å². The topological polar surface area (TPSA) is 57.5 Å². The normalized spacial score (nSPS) is 44.8. The summed E-state index contributed by atoms with van der Waals surface area (Å²) in [4.78, 5) is 12.4. The molecule has 18 heavy (non-hydrogen) atoms. The standard InChI is InChI=1S/C15H24O3/c1-9(2)10-7-11-14(3,18)6-5-12(16)15(11,4)13(17)8-10/h8-9,11-12,16,18H,5-7H2,1-4H3/t11-,12+,14+,15+/m0/s1. The van der Waals surface area contributed by atoms with Crippen molar-refractivity contribution >= 4 is 5.78 Å². The van der Waals surface area contributed by atoms with Crippen LogP contribution in [0.25, 0.3) is 0 Å². The predicted molar refractivity (Wildman–Crippen MR) is 70.0 cm³/mol. The lowest BCUT2D eigenvalue weighted by Gasteiger charge is -2.53. The summed E-state index contributed by atoms with van der Waals surface area (Å²) in [7, 11) is 0. The quantitative estimate of drug-likeness (QED) is 0.751. The highest BCUT2D eigenvalue weighted by Crippen LogP contribution is 2.52. The smallest absolute Gasteiger partial charge is 0.164 e. The molecule has 0 aromatic rings. The largest absolute Gasteiger partial charge is 0.392 e. The highest BCUT2D eigenvalue weighted by Gasteiger charge is 2.57. The number of allylic oxidation sites excluding steroid dienone is 2. The van der Waals surface area contributed by atoms with Crippen LogP contribution in [-0.2, 0) is 4.79 Å². The van der Waals surface area contributed by atoms with E-state index in [4.69, 9.17) is 0 Å². The number of hydrogen-bond donors (Lipinski definition) is 2. The summed E-state index contributed by atoms with van der Waals surface area (Å²) >= 11 is 0. The van der Waals surface area contributed by atoms with Crippen molar-refractivity contribution in [3.63, 3.8) is 0 Å². The van der Waals surface area contributed by atoms with Gasteiger partial charge in [0.2, 0.25) is 0 Å². The fraction of sp³-hybridized carbons (Fsp3) is 0.800. The van der Waals surface area contributed by atoms with Gasteiger partial charge in [-0.3, -0.25) is 4.79 Å². The Bertz CT molecular complexity index is 395. The molecule has 2 aliphatic rings. The lowest BCUT2D eigenvalue weighted by molar-refractivity contribution is -0.168. The fourth-order valence-electron chi connectivity index (χ4n) is 3.57. The van der Waals surface area contributed by atoms with E-state index in [1.54, 1.807) is 13.0 Å². The van der Waals surface area contributed by atoms with Gasteiger partial charge in [-0.25, -0.2) is 0 Å². The molecule has 0 saturated heterocycles. The van der Waals surface area contributed by atoms with Crippen molar-refractivity contribution in [2.75, 3.05) is 0 Å². The molecule has 2 rings (SSSR count). The second kappa shape index (κ2) is 4.17. The molecule has 0 aromatic heterocycles. The molecule has 1 fully saturated rings. The van der Waals surface area contributed by atoms with Crippen molar-refractivity contribution in [3.05, 3.63) is 11.6 Å². The van der Waals surface area contributed by atoms with E-state index >= 15 is 0 Å². The fourth-order valence-corrected chi connectivity index (χ4v) is 3.57. The average Bonchev–Trinajstić information content (AvgIpc) is 2.27. The molecule has 0 unspecified atom stereocenters. The summed E-state index contributed by atoms with van der Waals surface area (Å²) in [5.74, 6) is 0.118. The molecule has 102 valence electrons. The van der Waals surface area contributed by atoms with Crippen molar-refractivity contribution < 1.29 is 15.0 Å². The summed E-state index contributed by atoms with van der Waals surface area (Å²) in [6, 6.07) is 0. The van der Waals surface area contributed by atoms with Crippen molar-refractivity contribution in [2.24, 2.45) is 17.3 Å². The molecule has 1 saturated carbocycles. The summed E-state index contributed by atoms with van der Waals surface area (Å²) < 4.78 is 0. The van der Waals surface area contributed by atoms with E-state index in [9.17, 15) is 15.0 Å². The van der Waals surface area contributed by atoms with Crippen LogP contribution in [0.4, 0.5) is 0 Å². The van der Waals surface area contributed by atoms with Crippen LogP contribution >= 0.6 is 0 Å². The number of aliphatic hydroxyl groups is 2. The van der Waals surface area contributed by atoms with E-state index in [1.807, 2.05) is 6.92 Å². The van der Waals surface area contributed by atoms with Gasteiger partial charge >= 0.3 is 0 Å². The van der Waals surface area contributed by atoms with Crippen LogP contribution in [-0.4, -0.2) is 27.7 Å². The third kappa shape index (κ3) is 1.84. The molecule has 2 N–H and O–H groups in total. The molecule has 0 radical (unpaired) electrons. The van der Waals surface area contributed by atoms with E-state index in [0.717, 1.165) is 5.57 Å². The van der Waals surface area contributed by atoms with E-state index in [2.05, 4.69) is 13.8 Å². The lowest BCUT2D eigenvalue weighted by atomic mass is 9.53. The van der Waals surface area contributed by atoms with E-state index in [0.29, 0.717) is 25.2 Å². The van der Waals surface area contributed by atoms with E-state index in [-0.39, 0.29) is 11.7 Å². The Labute approximate surface area is 109 Å². The van der Waals surface area contributed by atoms with Crippen LogP contribution in [0.1, 0.15) is 47.0 Å². The zero-order valence-electron chi connectivity index (χ0n) is 11.7. The molecule has 0 spiro atoms. The first-order valence-electron chi connectivity index (χ1n) is 6.85. The third-order valence-corrected chi connectivity index (χ3v) is 5.12. The minimum Gasteiger partial charge on any atom is -0.392 e.